The molecule has 1 aromatic carbocycles. The first-order valence-corrected chi connectivity index (χ1v) is 9.05. The van der Waals surface area contributed by atoms with E-state index in [1.165, 1.54) is 12.8 Å². The molecule has 2 amide bonds. The Morgan fingerprint density at radius 3 is 2.58 bits per heavy atom. The lowest BCUT2D eigenvalue weighted by Gasteiger charge is -2.17. The van der Waals surface area contributed by atoms with E-state index in [1.807, 2.05) is 48.7 Å². The zero-order chi connectivity index (χ0) is 18.2. The van der Waals surface area contributed by atoms with Crippen molar-refractivity contribution in [3.8, 4) is 0 Å². The standard InChI is InChI=1S/C20H26N4O2/c1-26-18(17-7-3-2-4-8-17)15-23-20(25)22-14-16-9-10-19(21-13-16)24-11-5-6-12-24/h2-4,7-10,13,18H,5-6,11-12,14-15H2,1H3,(H2,22,23,25). The topological polar surface area (TPSA) is 66.5 Å². The van der Waals surface area contributed by atoms with E-state index in [9.17, 15) is 4.79 Å². The molecule has 0 radical (unpaired) electrons. The van der Waals surface area contributed by atoms with Crippen LogP contribution in [-0.4, -0.2) is 37.8 Å². The quantitative estimate of drug-likeness (QED) is 0.802. The van der Waals surface area contributed by atoms with Crippen LogP contribution in [0.25, 0.3) is 0 Å². The number of hydrogen-bond donors (Lipinski definition) is 2. The predicted molar refractivity (Wildman–Crippen MR) is 102 cm³/mol. The number of nitrogens with one attached hydrogen (secondary N) is 2. The number of anilines is 1. The molecule has 0 spiro atoms. The van der Waals surface area contributed by atoms with E-state index in [0.717, 1.165) is 30.0 Å². The normalized spacial score (nSPS) is 14.9. The van der Waals surface area contributed by atoms with Gasteiger partial charge in [-0.05, 0) is 30.0 Å². The molecule has 1 fully saturated rings. The number of benzene rings is 1. The third kappa shape index (κ3) is 4.95. The van der Waals surface area contributed by atoms with Crippen LogP contribution in [0.4, 0.5) is 10.6 Å². The average Bonchev–Trinajstić information content (AvgIpc) is 3.23. The highest BCUT2D eigenvalue weighted by Crippen LogP contribution is 2.17. The van der Waals surface area contributed by atoms with Gasteiger partial charge in [-0.3, -0.25) is 0 Å². The lowest BCUT2D eigenvalue weighted by Crippen LogP contribution is -2.37. The number of nitrogens with zero attached hydrogens (tertiary/aromatic N) is 2. The van der Waals surface area contributed by atoms with Gasteiger partial charge in [0.25, 0.3) is 0 Å². The number of hydrogen-bond acceptors (Lipinski definition) is 4. The molecule has 2 aromatic rings. The number of pyridine rings is 1. The van der Waals surface area contributed by atoms with E-state index in [-0.39, 0.29) is 12.1 Å². The fraction of sp³-hybridized carbons (Fsp3) is 0.400. The van der Waals surface area contributed by atoms with Crippen molar-refractivity contribution < 1.29 is 9.53 Å². The number of urea groups is 1. The molecule has 1 aliphatic heterocycles. The molecular weight excluding hydrogens is 328 g/mol. The van der Waals surface area contributed by atoms with Crippen LogP contribution in [0.15, 0.2) is 48.7 Å². The fourth-order valence-electron chi connectivity index (χ4n) is 3.09. The Hall–Kier alpha value is -2.60. The zero-order valence-electron chi connectivity index (χ0n) is 15.1. The SMILES string of the molecule is COC(CNC(=O)NCc1ccc(N2CCCC2)nc1)c1ccccc1. The highest BCUT2D eigenvalue weighted by molar-refractivity contribution is 5.73. The van der Waals surface area contributed by atoms with Gasteiger partial charge in [-0.25, -0.2) is 9.78 Å². The van der Waals surface area contributed by atoms with Gasteiger partial charge in [0.1, 0.15) is 5.82 Å². The van der Waals surface area contributed by atoms with Crippen molar-refractivity contribution in [2.75, 3.05) is 31.6 Å². The van der Waals surface area contributed by atoms with Crippen molar-refractivity contribution in [2.45, 2.75) is 25.5 Å². The van der Waals surface area contributed by atoms with Gasteiger partial charge in [-0.1, -0.05) is 36.4 Å². The second kappa shape index (κ2) is 9.20. The summed E-state index contributed by atoms with van der Waals surface area (Å²) < 4.78 is 5.45. The Bertz CT molecular complexity index is 685. The summed E-state index contributed by atoms with van der Waals surface area (Å²) in [4.78, 5) is 18.8. The van der Waals surface area contributed by atoms with Crippen molar-refractivity contribution in [1.29, 1.82) is 0 Å². The average molecular weight is 354 g/mol. The number of carbonyl (C=O) groups excluding carboxylic acids is 1. The highest BCUT2D eigenvalue weighted by Gasteiger charge is 2.13. The van der Waals surface area contributed by atoms with Gasteiger partial charge < -0.3 is 20.3 Å². The van der Waals surface area contributed by atoms with Gasteiger partial charge in [0.05, 0.1) is 6.10 Å². The lowest BCUT2D eigenvalue weighted by molar-refractivity contribution is 0.104. The maximum absolute atomic E-state index is 12.0. The third-order valence-corrected chi connectivity index (χ3v) is 4.60. The molecule has 0 aliphatic carbocycles. The highest BCUT2D eigenvalue weighted by atomic mass is 16.5. The van der Waals surface area contributed by atoms with E-state index in [4.69, 9.17) is 4.74 Å². The van der Waals surface area contributed by atoms with E-state index in [0.29, 0.717) is 13.1 Å². The summed E-state index contributed by atoms with van der Waals surface area (Å²) in [5, 5.41) is 5.71. The van der Waals surface area contributed by atoms with Crippen molar-refractivity contribution in [1.82, 2.24) is 15.6 Å². The lowest BCUT2D eigenvalue weighted by atomic mass is 10.1. The summed E-state index contributed by atoms with van der Waals surface area (Å²) >= 11 is 0. The number of amides is 2. The molecule has 0 saturated carbocycles. The van der Waals surface area contributed by atoms with Crippen LogP contribution in [0, 0.1) is 0 Å². The molecule has 6 nitrogen and oxygen atoms in total. The second-order valence-electron chi connectivity index (χ2n) is 6.42. The summed E-state index contributed by atoms with van der Waals surface area (Å²) in [5.41, 5.74) is 2.02. The first-order valence-electron chi connectivity index (χ1n) is 9.05. The Morgan fingerprint density at radius 2 is 1.92 bits per heavy atom. The largest absolute Gasteiger partial charge is 0.375 e. The maximum atomic E-state index is 12.0. The van der Waals surface area contributed by atoms with Crippen LogP contribution < -0.4 is 15.5 Å². The van der Waals surface area contributed by atoms with Crippen molar-refractivity contribution in [3.05, 3.63) is 59.8 Å². The molecule has 1 aliphatic rings. The van der Waals surface area contributed by atoms with E-state index in [2.05, 4.69) is 20.5 Å². The predicted octanol–water partition coefficient (Wildman–Crippen LogP) is 2.87. The van der Waals surface area contributed by atoms with Gasteiger partial charge in [0.2, 0.25) is 0 Å². The Balaban J connectivity index is 1.43. The van der Waals surface area contributed by atoms with Gasteiger partial charge >= 0.3 is 6.03 Å². The van der Waals surface area contributed by atoms with Gasteiger partial charge in [-0.2, -0.15) is 0 Å². The molecule has 1 atom stereocenters. The summed E-state index contributed by atoms with van der Waals surface area (Å²) in [7, 11) is 1.64. The first kappa shape index (κ1) is 18.2. The molecule has 0 bridgehead atoms. The Morgan fingerprint density at radius 1 is 1.15 bits per heavy atom. The van der Waals surface area contributed by atoms with Crippen molar-refractivity contribution in [3.63, 3.8) is 0 Å². The number of aromatic nitrogens is 1. The molecule has 1 unspecified atom stereocenters. The van der Waals surface area contributed by atoms with Gasteiger partial charge in [0.15, 0.2) is 0 Å². The van der Waals surface area contributed by atoms with Crippen LogP contribution in [0.5, 0.6) is 0 Å². The number of ether oxygens (including phenoxy) is 1. The third-order valence-electron chi connectivity index (χ3n) is 4.60. The van der Waals surface area contributed by atoms with Crippen LogP contribution in [0.2, 0.25) is 0 Å². The molecule has 1 saturated heterocycles. The fourth-order valence-corrected chi connectivity index (χ4v) is 3.09. The van der Waals surface area contributed by atoms with E-state index in [1.54, 1.807) is 7.11 Å². The maximum Gasteiger partial charge on any atom is 0.315 e. The number of carbonyl (C=O) groups is 1. The molecule has 2 N–H and O–H groups in total. The summed E-state index contributed by atoms with van der Waals surface area (Å²) in [5.74, 6) is 1.02. The summed E-state index contributed by atoms with van der Waals surface area (Å²) in [6.45, 7) is 3.02. The minimum absolute atomic E-state index is 0.164. The minimum Gasteiger partial charge on any atom is -0.375 e. The van der Waals surface area contributed by atoms with Crippen LogP contribution >= 0.6 is 0 Å². The van der Waals surface area contributed by atoms with Crippen LogP contribution in [0.3, 0.4) is 0 Å². The molecule has 138 valence electrons. The van der Waals surface area contributed by atoms with E-state index >= 15 is 0 Å². The van der Waals surface area contributed by atoms with Gasteiger partial charge in [0, 0.05) is 39.5 Å². The molecule has 6 heteroatoms. The summed E-state index contributed by atoms with van der Waals surface area (Å²) in [6, 6.07) is 13.7. The molecule has 1 aromatic heterocycles. The second-order valence-corrected chi connectivity index (χ2v) is 6.42. The zero-order valence-corrected chi connectivity index (χ0v) is 15.1. The number of methoxy groups -OCH3 is 1. The molecule has 2 heterocycles. The smallest absolute Gasteiger partial charge is 0.315 e. The minimum atomic E-state index is -0.216. The number of rotatable bonds is 7. The van der Waals surface area contributed by atoms with Crippen LogP contribution in [0.1, 0.15) is 30.1 Å². The Kier molecular flexibility index (Phi) is 6.44. The molecule has 26 heavy (non-hydrogen) atoms. The monoisotopic (exact) mass is 354 g/mol. The van der Waals surface area contributed by atoms with Crippen LogP contribution in [-0.2, 0) is 11.3 Å². The van der Waals surface area contributed by atoms with Gasteiger partial charge in [-0.15, -0.1) is 0 Å². The van der Waals surface area contributed by atoms with Crippen molar-refractivity contribution >= 4 is 11.8 Å². The van der Waals surface area contributed by atoms with Crippen molar-refractivity contribution in [2.24, 2.45) is 0 Å². The molecule has 3 rings (SSSR count). The Labute approximate surface area is 154 Å². The molecular formula is C20H26N4O2. The summed E-state index contributed by atoms with van der Waals surface area (Å²) in [6.07, 6.45) is 4.13. The first-order chi connectivity index (χ1) is 12.8. The van der Waals surface area contributed by atoms with E-state index < -0.39 is 0 Å².